The summed E-state index contributed by atoms with van der Waals surface area (Å²) in [6.45, 7) is 11.9. The largest absolute Gasteiger partial charge is 0.295 e. The van der Waals surface area contributed by atoms with E-state index in [1.807, 2.05) is 6.92 Å². The molecule has 0 aromatic heterocycles. The van der Waals surface area contributed by atoms with Gasteiger partial charge in [-0.3, -0.25) is 14.7 Å². The van der Waals surface area contributed by atoms with Crippen molar-refractivity contribution in [3.63, 3.8) is 0 Å². The molecule has 1 aromatic carbocycles. The van der Waals surface area contributed by atoms with Gasteiger partial charge in [0.15, 0.2) is 5.54 Å². The van der Waals surface area contributed by atoms with Crippen molar-refractivity contribution in [3.8, 4) is 0 Å². The van der Waals surface area contributed by atoms with E-state index in [0.29, 0.717) is 23.6 Å². The van der Waals surface area contributed by atoms with Crippen molar-refractivity contribution in [3.05, 3.63) is 33.8 Å². The summed E-state index contributed by atoms with van der Waals surface area (Å²) in [6, 6.07) is 6.28. The Balaban J connectivity index is 1.90. The third-order valence-electron chi connectivity index (χ3n) is 7.79. The quantitative estimate of drug-likeness (QED) is 0.538. The summed E-state index contributed by atoms with van der Waals surface area (Å²) >= 11 is 3.61. The molecule has 1 heterocycles. The number of alkyl halides is 1. The van der Waals surface area contributed by atoms with Crippen LogP contribution in [0.25, 0.3) is 0 Å². The first-order valence-electron chi connectivity index (χ1n) is 10.8. The maximum Gasteiger partial charge on any atom is 0.261 e. The monoisotopic (exact) mass is 462 g/mol. The Morgan fingerprint density at radius 1 is 1.24 bits per heavy atom. The fourth-order valence-electron chi connectivity index (χ4n) is 6.28. The molecule has 3 nitrogen and oxygen atoms in total. The van der Waals surface area contributed by atoms with Gasteiger partial charge in [-0.1, -0.05) is 42.8 Å². The third-order valence-corrected chi connectivity index (χ3v) is 8.28. The zero-order valence-corrected chi connectivity index (χ0v) is 19.9. The van der Waals surface area contributed by atoms with E-state index < -0.39 is 11.2 Å². The molecule has 1 aromatic rings. The van der Waals surface area contributed by atoms with Gasteiger partial charge >= 0.3 is 0 Å². The average molecular weight is 463 g/mol. The number of halogens is 2. The first kappa shape index (κ1) is 21.0. The minimum absolute atomic E-state index is 0.0356. The number of benzene rings is 1. The van der Waals surface area contributed by atoms with Gasteiger partial charge < -0.3 is 0 Å². The van der Waals surface area contributed by atoms with Crippen molar-refractivity contribution in [2.45, 2.75) is 72.0 Å². The van der Waals surface area contributed by atoms with Crippen LogP contribution in [0.2, 0.25) is 0 Å². The Kier molecular flexibility index (Phi) is 4.81. The minimum atomic E-state index is -1.47. The van der Waals surface area contributed by atoms with Gasteiger partial charge in [-0.05, 0) is 81.0 Å². The zero-order valence-electron chi connectivity index (χ0n) is 18.4. The molecule has 0 saturated heterocycles. The molecule has 3 aliphatic rings. The molecule has 1 amide bonds. The van der Waals surface area contributed by atoms with E-state index in [2.05, 4.69) is 54.9 Å². The lowest BCUT2D eigenvalue weighted by Gasteiger charge is -2.50. The lowest BCUT2D eigenvalue weighted by atomic mass is 9.55. The van der Waals surface area contributed by atoms with E-state index in [1.54, 1.807) is 4.90 Å². The number of aliphatic imine (C=N–C) groups is 1. The van der Waals surface area contributed by atoms with Crippen molar-refractivity contribution in [2.24, 2.45) is 28.2 Å². The Morgan fingerprint density at radius 2 is 1.86 bits per heavy atom. The first-order chi connectivity index (χ1) is 13.4. The number of fused-ring (bicyclic) bond motifs is 3. The van der Waals surface area contributed by atoms with Crippen LogP contribution in [0.15, 0.2) is 27.7 Å². The summed E-state index contributed by atoms with van der Waals surface area (Å²) in [7, 11) is 0. The van der Waals surface area contributed by atoms with Crippen LogP contribution in [0.5, 0.6) is 0 Å². The van der Waals surface area contributed by atoms with Crippen LogP contribution >= 0.6 is 15.9 Å². The summed E-state index contributed by atoms with van der Waals surface area (Å²) in [5.74, 6) is 2.26. The summed E-state index contributed by atoms with van der Waals surface area (Å²) in [5.41, 5.74) is -0.400. The second kappa shape index (κ2) is 6.63. The molecule has 0 radical (unpaired) electrons. The number of carbonyl (C=O) groups is 1. The molecule has 5 heteroatoms. The van der Waals surface area contributed by atoms with Gasteiger partial charge in [-0.2, -0.15) is 0 Å². The van der Waals surface area contributed by atoms with Gasteiger partial charge in [-0.25, -0.2) is 4.39 Å². The first-order valence-corrected chi connectivity index (χ1v) is 11.6. The topological polar surface area (TPSA) is 32.7 Å². The smallest absolute Gasteiger partial charge is 0.261 e. The summed E-state index contributed by atoms with van der Waals surface area (Å²) in [5, 5.41) is 0. The van der Waals surface area contributed by atoms with Gasteiger partial charge in [0, 0.05) is 9.89 Å². The number of rotatable bonds is 2. The van der Waals surface area contributed by atoms with Crippen molar-refractivity contribution in [1.29, 1.82) is 0 Å². The van der Waals surface area contributed by atoms with Crippen LogP contribution < -0.4 is 0 Å². The fraction of sp³-hybridized carbons (Fsp3) is 0.667. The molecule has 29 heavy (non-hydrogen) atoms. The average Bonchev–Trinajstić information content (AvgIpc) is 2.99. The predicted octanol–water partition coefficient (Wildman–Crippen LogP) is 5.90. The van der Waals surface area contributed by atoms with Gasteiger partial charge in [0.1, 0.15) is 11.5 Å². The Morgan fingerprint density at radius 3 is 2.45 bits per heavy atom. The van der Waals surface area contributed by atoms with Crippen LogP contribution in [0, 0.1) is 23.2 Å². The van der Waals surface area contributed by atoms with Gasteiger partial charge in [0.25, 0.3) is 5.91 Å². The van der Waals surface area contributed by atoms with Crippen LogP contribution in [0.1, 0.15) is 65.5 Å². The molecule has 0 bridgehead atoms. The molecule has 0 unspecified atom stereocenters. The number of carbonyl (C=O) groups excluding carboxylic acids is 1. The maximum absolute atomic E-state index is 14.6. The molecule has 158 valence electrons. The van der Waals surface area contributed by atoms with Crippen molar-refractivity contribution in [1.82, 2.24) is 4.90 Å². The van der Waals surface area contributed by atoms with E-state index in [4.69, 9.17) is 4.99 Å². The highest BCUT2D eigenvalue weighted by atomic mass is 79.9. The number of hydrogen-bond donors (Lipinski definition) is 0. The molecular formula is C24H32BrFN2O. The standard InChI is InChI=1S/C24H32BrFN2O/c1-14-10-23(11-15(2)16(14)3)12-18-7-8-19(25)9-20(18)24(23)21(29)28(17(4)27-24)13-22(5,6)26/h7-9,14-16H,10-13H2,1-6H3/t14-,15+,16+,23+,24-/m1/s1. The summed E-state index contributed by atoms with van der Waals surface area (Å²) in [6.07, 6.45) is 2.81. The molecule has 1 saturated carbocycles. The highest BCUT2D eigenvalue weighted by molar-refractivity contribution is 9.10. The van der Waals surface area contributed by atoms with Crippen LogP contribution in [0.3, 0.4) is 0 Å². The second-order valence-electron chi connectivity index (χ2n) is 10.5. The SMILES string of the molecule is CC1=N[C@@]2(C(=O)N1CC(C)(C)F)c1cc(Br)ccc1C[C@@]21C[C@@H](C)[C@H](C)[C@@H](C)C1. The molecule has 2 aliphatic carbocycles. The zero-order chi connectivity index (χ0) is 21.4. The molecule has 5 atom stereocenters. The lowest BCUT2D eigenvalue weighted by molar-refractivity contribution is -0.140. The van der Waals surface area contributed by atoms with E-state index >= 15 is 0 Å². The molecule has 1 aliphatic heterocycles. The predicted molar refractivity (Wildman–Crippen MR) is 119 cm³/mol. The Hall–Kier alpha value is -1.23. The highest BCUT2D eigenvalue weighted by Crippen LogP contribution is 2.64. The Labute approximate surface area is 182 Å². The van der Waals surface area contributed by atoms with Crippen molar-refractivity contribution in [2.75, 3.05) is 6.54 Å². The molecule has 1 fully saturated rings. The fourth-order valence-corrected chi connectivity index (χ4v) is 6.64. The minimum Gasteiger partial charge on any atom is -0.295 e. The van der Waals surface area contributed by atoms with E-state index in [9.17, 15) is 9.18 Å². The van der Waals surface area contributed by atoms with Gasteiger partial charge in [0.05, 0.1) is 6.54 Å². The van der Waals surface area contributed by atoms with Gasteiger partial charge in [-0.15, -0.1) is 0 Å². The molecular weight excluding hydrogens is 431 g/mol. The van der Waals surface area contributed by atoms with E-state index in [1.165, 1.54) is 19.4 Å². The van der Waals surface area contributed by atoms with Crippen molar-refractivity contribution >= 4 is 27.7 Å². The second-order valence-corrected chi connectivity index (χ2v) is 11.4. The van der Waals surface area contributed by atoms with E-state index in [-0.39, 0.29) is 17.9 Å². The highest BCUT2D eigenvalue weighted by Gasteiger charge is 2.67. The van der Waals surface area contributed by atoms with Crippen LogP contribution in [-0.2, 0) is 16.8 Å². The van der Waals surface area contributed by atoms with E-state index in [0.717, 1.165) is 29.3 Å². The maximum atomic E-state index is 14.6. The molecule has 2 spiro atoms. The van der Waals surface area contributed by atoms with Crippen LogP contribution in [-0.4, -0.2) is 28.9 Å². The summed E-state index contributed by atoms with van der Waals surface area (Å²) < 4.78 is 15.5. The lowest BCUT2D eigenvalue weighted by Crippen LogP contribution is -2.54. The number of amidine groups is 1. The number of amides is 1. The normalized spacial score (nSPS) is 36.8. The van der Waals surface area contributed by atoms with Gasteiger partial charge in [0.2, 0.25) is 0 Å². The summed E-state index contributed by atoms with van der Waals surface area (Å²) in [4.78, 5) is 20.8. The number of hydrogen-bond acceptors (Lipinski definition) is 2. The van der Waals surface area contributed by atoms with Crippen LogP contribution in [0.4, 0.5) is 4.39 Å². The molecule has 4 rings (SSSR count). The number of nitrogens with zero attached hydrogens (tertiary/aromatic N) is 2. The Bertz CT molecular complexity index is 877. The van der Waals surface area contributed by atoms with Crippen molar-refractivity contribution < 1.29 is 9.18 Å². The molecule has 0 N–H and O–H groups in total. The third kappa shape index (κ3) is 3.02.